The molecule has 0 atom stereocenters. The molecule has 2 rings (SSSR count). The van der Waals surface area contributed by atoms with Crippen LogP contribution in [0.3, 0.4) is 0 Å². The molecule has 13 heavy (non-hydrogen) atoms. The fourth-order valence-corrected chi connectivity index (χ4v) is 1.20. The van der Waals surface area contributed by atoms with Crippen LogP contribution in [0.15, 0.2) is 30.5 Å². The van der Waals surface area contributed by atoms with Gasteiger partial charge in [0.25, 0.3) is 5.09 Å². The molecule has 0 aliphatic heterocycles. The van der Waals surface area contributed by atoms with Crippen LogP contribution in [0.25, 0.3) is 10.9 Å². The van der Waals surface area contributed by atoms with E-state index in [1.54, 1.807) is 12.1 Å². The predicted octanol–water partition coefficient (Wildman–Crippen LogP) is 1.74. The Morgan fingerprint density at radius 3 is 2.92 bits per heavy atom. The van der Waals surface area contributed by atoms with Crippen LogP contribution in [0.4, 0.5) is 0 Å². The molecule has 2 aromatic rings. The summed E-state index contributed by atoms with van der Waals surface area (Å²) in [5.41, 5.74) is 0.819. The van der Waals surface area contributed by atoms with Crippen molar-refractivity contribution >= 4 is 10.9 Å². The topological polar surface area (TPSA) is 68.2 Å². The Morgan fingerprint density at radius 1 is 1.38 bits per heavy atom. The summed E-state index contributed by atoms with van der Waals surface area (Å²) in [7, 11) is 0. The number of rotatable bonds is 2. The van der Waals surface area contributed by atoms with Gasteiger partial charge in [-0.1, -0.05) is 18.2 Å². The molecule has 0 unspecified atom stereocenters. The molecule has 0 spiro atoms. The van der Waals surface area contributed by atoms with Gasteiger partial charge in [-0.15, -0.1) is 10.1 Å². The number of benzene rings is 1. The normalized spacial score (nSPS) is 10.2. The second-order valence-electron chi connectivity index (χ2n) is 2.51. The van der Waals surface area contributed by atoms with Gasteiger partial charge in [0.15, 0.2) is 0 Å². The van der Waals surface area contributed by atoms with Crippen molar-refractivity contribution < 1.29 is 9.92 Å². The number of hydrogen-bond donors (Lipinski definition) is 1. The second-order valence-corrected chi connectivity index (χ2v) is 2.51. The van der Waals surface area contributed by atoms with Gasteiger partial charge in [-0.05, 0) is 6.07 Å². The minimum Gasteiger partial charge on any atom is -0.359 e. The number of hydrogen-bond acceptors (Lipinski definition) is 3. The number of aromatic amines is 1. The predicted molar refractivity (Wildman–Crippen MR) is 45.9 cm³/mol. The SMILES string of the molecule is O=[N+]([O-])Oc1c[nH]c2ccccc12. The van der Waals surface area contributed by atoms with Gasteiger partial charge in [0.2, 0.25) is 0 Å². The van der Waals surface area contributed by atoms with Crippen LogP contribution in [-0.4, -0.2) is 10.1 Å². The standard InChI is InChI=1S/C8H6N2O3/c11-10(12)13-8-5-9-7-4-2-1-3-6(7)8/h1-5,9H. The van der Waals surface area contributed by atoms with Gasteiger partial charge < -0.3 is 4.98 Å². The Kier molecular flexibility index (Phi) is 1.63. The third-order valence-corrected chi connectivity index (χ3v) is 1.72. The molecule has 66 valence electrons. The number of fused-ring (bicyclic) bond motifs is 1. The molecular weight excluding hydrogens is 172 g/mol. The van der Waals surface area contributed by atoms with Gasteiger partial charge in [-0.25, -0.2) is 0 Å². The van der Waals surface area contributed by atoms with E-state index >= 15 is 0 Å². The van der Waals surface area contributed by atoms with Crippen LogP contribution < -0.4 is 4.84 Å². The van der Waals surface area contributed by atoms with Gasteiger partial charge in [-0.3, -0.25) is 4.84 Å². The lowest BCUT2D eigenvalue weighted by atomic mass is 10.2. The number of aromatic nitrogens is 1. The van der Waals surface area contributed by atoms with E-state index < -0.39 is 5.09 Å². The Morgan fingerprint density at radius 2 is 2.15 bits per heavy atom. The van der Waals surface area contributed by atoms with Gasteiger partial charge in [0.05, 0.1) is 0 Å². The van der Waals surface area contributed by atoms with E-state index in [0.29, 0.717) is 5.39 Å². The maximum atomic E-state index is 10.1. The lowest BCUT2D eigenvalue weighted by molar-refractivity contribution is -0.710. The maximum Gasteiger partial charge on any atom is 0.299 e. The molecule has 0 fully saturated rings. The molecule has 5 nitrogen and oxygen atoms in total. The number of H-pyrrole nitrogens is 1. The molecule has 0 amide bonds. The van der Waals surface area contributed by atoms with Crippen LogP contribution in [0, 0.1) is 10.1 Å². The smallest absolute Gasteiger partial charge is 0.299 e. The fraction of sp³-hybridized carbons (Fsp3) is 0. The van der Waals surface area contributed by atoms with Crippen molar-refractivity contribution in [2.45, 2.75) is 0 Å². The van der Waals surface area contributed by atoms with Gasteiger partial charge in [0, 0.05) is 17.1 Å². The highest BCUT2D eigenvalue weighted by molar-refractivity contribution is 5.85. The summed E-state index contributed by atoms with van der Waals surface area (Å²) >= 11 is 0. The number of nitrogens with one attached hydrogen (secondary N) is 1. The van der Waals surface area contributed by atoms with E-state index in [2.05, 4.69) is 9.82 Å². The van der Waals surface area contributed by atoms with E-state index in [1.165, 1.54) is 6.20 Å². The molecule has 0 saturated carbocycles. The highest BCUT2D eigenvalue weighted by atomic mass is 17.0. The summed E-state index contributed by atoms with van der Waals surface area (Å²) in [5.74, 6) is 0.237. The van der Waals surface area contributed by atoms with Crippen LogP contribution in [0.1, 0.15) is 0 Å². The third kappa shape index (κ3) is 1.31. The lowest BCUT2D eigenvalue weighted by Gasteiger charge is -1.93. The average molecular weight is 178 g/mol. The highest BCUT2D eigenvalue weighted by Crippen LogP contribution is 2.24. The van der Waals surface area contributed by atoms with Gasteiger partial charge in [0.1, 0.15) is 5.75 Å². The molecule has 5 heteroatoms. The number of nitrogens with zero attached hydrogens (tertiary/aromatic N) is 1. The van der Waals surface area contributed by atoms with Crippen molar-refractivity contribution in [2.24, 2.45) is 0 Å². The van der Waals surface area contributed by atoms with Crippen molar-refractivity contribution in [1.29, 1.82) is 0 Å². The summed E-state index contributed by atoms with van der Waals surface area (Å²) in [6.07, 6.45) is 1.47. The Bertz CT molecular complexity index is 449. The van der Waals surface area contributed by atoms with Crippen molar-refractivity contribution in [3.8, 4) is 5.75 Å². The zero-order chi connectivity index (χ0) is 9.26. The van der Waals surface area contributed by atoms with Crippen LogP contribution >= 0.6 is 0 Å². The Balaban J connectivity index is 2.51. The summed E-state index contributed by atoms with van der Waals surface area (Å²) in [6.45, 7) is 0. The zero-order valence-electron chi connectivity index (χ0n) is 6.56. The van der Waals surface area contributed by atoms with Crippen molar-refractivity contribution in [2.75, 3.05) is 0 Å². The summed E-state index contributed by atoms with van der Waals surface area (Å²) < 4.78 is 0. The molecular formula is C8H6N2O3. The molecule has 1 N–H and O–H groups in total. The molecule has 0 aliphatic carbocycles. The van der Waals surface area contributed by atoms with E-state index in [4.69, 9.17) is 0 Å². The second kappa shape index (κ2) is 2.78. The Labute approximate surface area is 73.0 Å². The first-order valence-electron chi connectivity index (χ1n) is 3.66. The van der Waals surface area contributed by atoms with Crippen molar-refractivity contribution in [3.63, 3.8) is 0 Å². The zero-order valence-corrected chi connectivity index (χ0v) is 6.56. The average Bonchev–Trinajstić information content (AvgIpc) is 2.48. The van der Waals surface area contributed by atoms with E-state index in [-0.39, 0.29) is 5.75 Å². The maximum absolute atomic E-state index is 10.1. The van der Waals surface area contributed by atoms with E-state index in [1.807, 2.05) is 12.1 Å². The quantitative estimate of drug-likeness (QED) is 0.562. The summed E-state index contributed by atoms with van der Waals surface area (Å²) in [4.78, 5) is 17.3. The minimum atomic E-state index is -0.824. The summed E-state index contributed by atoms with van der Waals surface area (Å²) in [5, 5.41) is 9.96. The molecule has 0 radical (unpaired) electrons. The first-order valence-corrected chi connectivity index (χ1v) is 3.66. The molecule has 0 saturated heterocycles. The van der Waals surface area contributed by atoms with Crippen molar-refractivity contribution in [3.05, 3.63) is 40.6 Å². The fourth-order valence-electron chi connectivity index (χ4n) is 1.20. The molecule has 0 aliphatic rings. The monoisotopic (exact) mass is 178 g/mol. The van der Waals surface area contributed by atoms with Crippen LogP contribution in [0.2, 0.25) is 0 Å². The van der Waals surface area contributed by atoms with Gasteiger partial charge in [-0.2, -0.15) is 0 Å². The summed E-state index contributed by atoms with van der Waals surface area (Å²) in [6, 6.07) is 7.21. The third-order valence-electron chi connectivity index (χ3n) is 1.72. The molecule has 1 heterocycles. The van der Waals surface area contributed by atoms with Crippen molar-refractivity contribution in [1.82, 2.24) is 4.98 Å². The first kappa shape index (κ1) is 7.60. The number of para-hydroxylation sites is 1. The van der Waals surface area contributed by atoms with Gasteiger partial charge >= 0.3 is 0 Å². The molecule has 1 aromatic heterocycles. The minimum absolute atomic E-state index is 0.237. The Hall–Kier alpha value is -2.04. The van der Waals surface area contributed by atoms with Crippen LogP contribution in [-0.2, 0) is 0 Å². The van der Waals surface area contributed by atoms with Crippen LogP contribution in [0.5, 0.6) is 5.75 Å². The molecule has 0 bridgehead atoms. The first-order chi connectivity index (χ1) is 6.27. The molecule has 1 aromatic carbocycles. The lowest BCUT2D eigenvalue weighted by Crippen LogP contribution is -2.02. The van der Waals surface area contributed by atoms with E-state index in [0.717, 1.165) is 5.52 Å². The van der Waals surface area contributed by atoms with E-state index in [9.17, 15) is 10.1 Å². The highest BCUT2D eigenvalue weighted by Gasteiger charge is 2.05. The largest absolute Gasteiger partial charge is 0.359 e.